The zero-order valence-corrected chi connectivity index (χ0v) is 12.2. The molecule has 2 N–H and O–H groups in total. The molecule has 0 aromatic rings. The van der Waals surface area contributed by atoms with Gasteiger partial charge in [-0.25, -0.2) is 0 Å². The minimum Gasteiger partial charge on any atom is -0.402 e. The Hall–Kier alpha value is -0.980. The quantitative estimate of drug-likeness (QED) is 0.668. The Morgan fingerprint density at radius 1 is 1.00 bits per heavy atom. The minimum absolute atomic E-state index is 0.991. The maximum Gasteiger partial charge on any atom is 0.0116 e. The van der Waals surface area contributed by atoms with Gasteiger partial charge in [0.1, 0.15) is 0 Å². The molecular weight excluding hydrogens is 194 g/mol. The van der Waals surface area contributed by atoms with Crippen LogP contribution in [0.4, 0.5) is 0 Å². The van der Waals surface area contributed by atoms with Gasteiger partial charge in [0.15, 0.2) is 0 Å². The summed E-state index contributed by atoms with van der Waals surface area (Å²) < 4.78 is 0. The maximum atomic E-state index is 5.85. The molecule has 1 aliphatic rings. The monoisotopic (exact) mass is 223 g/mol. The van der Waals surface area contributed by atoms with Crippen molar-refractivity contribution in [2.45, 2.75) is 61.3 Å². The van der Waals surface area contributed by atoms with Crippen LogP contribution in [0.25, 0.3) is 0 Å². The number of allylic oxidation sites excluding steroid dienone is 5. The van der Waals surface area contributed by atoms with Crippen LogP contribution in [0, 0.1) is 0 Å². The number of rotatable bonds is 1. The highest BCUT2D eigenvalue weighted by Crippen LogP contribution is 2.30. The van der Waals surface area contributed by atoms with Gasteiger partial charge in [-0.2, -0.15) is 0 Å². The van der Waals surface area contributed by atoms with Crippen molar-refractivity contribution in [3.63, 3.8) is 0 Å². The van der Waals surface area contributed by atoms with Crippen LogP contribution in [0.3, 0.4) is 0 Å². The van der Waals surface area contributed by atoms with Crippen LogP contribution in [-0.4, -0.2) is 0 Å². The fraction of sp³-hybridized carbons (Fsp3) is 0.600. The van der Waals surface area contributed by atoms with Gasteiger partial charge in [-0.05, 0) is 50.3 Å². The summed E-state index contributed by atoms with van der Waals surface area (Å²) in [6, 6.07) is 0. The van der Waals surface area contributed by atoms with Crippen LogP contribution < -0.4 is 5.73 Å². The first-order chi connectivity index (χ1) is 7.54. The summed E-state index contributed by atoms with van der Waals surface area (Å²) in [6.07, 6.45) is 2.05. The van der Waals surface area contributed by atoms with Gasteiger partial charge < -0.3 is 5.73 Å². The number of hydrogen-bond donors (Lipinski definition) is 1. The van der Waals surface area contributed by atoms with E-state index in [1.807, 2.05) is 27.7 Å². The largest absolute Gasteiger partial charge is 0.402 e. The molecule has 1 aliphatic carbocycles. The Kier molecular flexibility index (Phi) is 10.1. The molecule has 0 unspecified atom stereocenters. The van der Waals surface area contributed by atoms with Gasteiger partial charge in [0.05, 0.1) is 0 Å². The maximum absolute atomic E-state index is 5.85. The second kappa shape index (κ2) is 9.26. The van der Waals surface area contributed by atoms with E-state index in [1.54, 1.807) is 0 Å². The second-order valence-electron chi connectivity index (χ2n) is 3.53. The molecule has 16 heavy (non-hydrogen) atoms. The third-order valence-corrected chi connectivity index (χ3v) is 2.66. The highest BCUT2D eigenvalue weighted by Gasteiger charge is 2.13. The number of nitrogens with two attached hydrogens (primary N) is 1. The van der Waals surface area contributed by atoms with Crippen LogP contribution in [0.15, 0.2) is 34.6 Å². The number of hydrogen-bond acceptors (Lipinski definition) is 1. The predicted octanol–water partition coefficient (Wildman–Crippen LogP) is 4.96. The van der Waals surface area contributed by atoms with Gasteiger partial charge >= 0.3 is 0 Å². The summed E-state index contributed by atoms with van der Waals surface area (Å²) in [4.78, 5) is 0. The van der Waals surface area contributed by atoms with Gasteiger partial charge in [-0.1, -0.05) is 39.8 Å². The lowest BCUT2D eigenvalue weighted by atomic mass is 9.87. The summed E-state index contributed by atoms with van der Waals surface area (Å²) in [5.74, 6) is 0. The highest BCUT2D eigenvalue weighted by molar-refractivity contribution is 5.45. The summed E-state index contributed by atoms with van der Waals surface area (Å²) >= 11 is 0. The van der Waals surface area contributed by atoms with E-state index in [9.17, 15) is 0 Å². The Balaban J connectivity index is 0. The van der Waals surface area contributed by atoms with Crippen molar-refractivity contribution in [3.05, 3.63) is 34.6 Å². The van der Waals surface area contributed by atoms with Crippen molar-refractivity contribution in [2.24, 2.45) is 5.73 Å². The smallest absolute Gasteiger partial charge is 0.0116 e. The Morgan fingerprint density at radius 2 is 1.44 bits per heavy atom. The molecule has 1 nitrogen and oxygen atoms in total. The van der Waals surface area contributed by atoms with E-state index >= 15 is 0 Å². The van der Waals surface area contributed by atoms with Gasteiger partial charge in [0.25, 0.3) is 0 Å². The lowest BCUT2D eigenvalue weighted by molar-refractivity contribution is 0.858. The molecule has 0 aromatic carbocycles. The zero-order valence-electron chi connectivity index (χ0n) is 12.2. The average molecular weight is 223 g/mol. The van der Waals surface area contributed by atoms with Gasteiger partial charge in [-0.3, -0.25) is 0 Å². The van der Waals surface area contributed by atoms with Crippen molar-refractivity contribution in [1.82, 2.24) is 0 Å². The van der Waals surface area contributed by atoms with E-state index in [-0.39, 0.29) is 0 Å². The van der Waals surface area contributed by atoms with Gasteiger partial charge in [0, 0.05) is 5.70 Å². The molecular formula is C15H29N. The zero-order chi connectivity index (χ0) is 13.3. The third-order valence-electron chi connectivity index (χ3n) is 2.66. The van der Waals surface area contributed by atoms with Crippen molar-refractivity contribution in [1.29, 1.82) is 0 Å². The SMILES string of the molecule is C=C(C)C1=C(C)C(C)=C(N)CC1.CC.CC. The normalized spacial score (nSPS) is 14.7. The molecule has 0 aliphatic heterocycles. The van der Waals surface area contributed by atoms with E-state index in [0.29, 0.717) is 0 Å². The fourth-order valence-corrected chi connectivity index (χ4v) is 1.64. The van der Waals surface area contributed by atoms with Crippen molar-refractivity contribution < 1.29 is 0 Å². The van der Waals surface area contributed by atoms with Crippen LogP contribution in [0.5, 0.6) is 0 Å². The molecule has 0 fully saturated rings. The topological polar surface area (TPSA) is 26.0 Å². The summed E-state index contributed by atoms with van der Waals surface area (Å²) in [7, 11) is 0. The van der Waals surface area contributed by atoms with Crippen molar-refractivity contribution >= 4 is 0 Å². The summed E-state index contributed by atoms with van der Waals surface area (Å²) in [5, 5.41) is 0. The van der Waals surface area contributed by atoms with Crippen LogP contribution >= 0.6 is 0 Å². The molecule has 0 heterocycles. The van der Waals surface area contributed by atoms with Crippen LogP contribution in [0.2, 0.25) is 0 Å². The molecule has 0 saturated heterocycles. The van der Waals surface area contributed by atoms with E-state index in [1.165, 1.54) is 22.3 Å². The van der Waals surface area contributed by atoms with Crippen LogP contribution in [0.1, 0.15) is 61.3 Å². The average Bonchev–Trinajstić information content (AvgIpc) is 2.31. The molecule has 0 bridgehead atoms. The molecule has 0 spiro atoms. The molecule has 0 saturated carbocycles. The molecule has 94 valence electrons. The molecule has 1 heteroatoms. The first-order valence-electron chi connectivity index (χ1n) is 6.35. The third kappa shape index (κ3) is 4.69. The molecule has 0 aromatic heterocycles. The second-order valence-corrected chi connectivity index (χ2v) is 3.53. The molecule has 0 atom stereocenters. The molecule has 0 amide bonds. The summed E-state index contributed by atoms with van der Waals surface area (Å²) in [6.45, 7) is 18.3. The van der Waals surface area contributed by atoms with Crippen molar-refractivity contribution in [2.75, 3.05) is 0 Å². The standard InChI is InChI=1S/C11H17N.2C2H6/c1-7(2)10-5-6-11(12)9(4)8(10)3;2*1-2/h1,5-6,12H2,2-4H3;2*1-2H3. The van der Waals surface area contributed by atoms with Gasteiger partial charge in [0.2, 0.25) is 0 Å². The first-order valence-corrected chi connectivity index (χ1v) is 6.35. The summed E-state index contributed by atoms with van der Waals surface area (Å²) in [5.41, 5.74) is 12.0. The van der Waals surface area contributed by atoms with E-state index in [0.717, 1.165) is 18.5 Å². The minimum atomic E-state index is 0.991. The Morgan fingerprint density at radius 3 is 1.81 bits per heavy atom. The Labute approximate surface area is 102 Å². The van der Waals surface area contributed by atoms with Crippen LogP contribution in [-0.2, 0) is 0 Å². The molecule has 0 radical (unpaired) electrons. The first kappa shape index (κ1) is 17.4. The lowest BCUT2D eigenvalue weighted by Crippen LogP contribution is -2.09. The van der Waals surface area contributed by atoms with Crippen molar-refractivity contribution in [3.8, 4) is 0 Å². The Bertz CT molecular complexity index is 280. The fourth-order valence-electron chi connectivity index (χ4n) is 1.64. The predicted molar refractivity (Wildman–Crippen MR) is 76.3 cm³/mol. The highest BCUT2D eigenvalue weighted by atomic mass is 14.6. The van der Waals surface area contributed by atoms with E-state index in [4.69, 9.17) is 5.73 Å². The van der Waals surface area contributed by atoms with Gasteiger partial charge in [-0.15, -0.1) is 0 Å². The lowest BCUT2D eigenvalue weighted by Gasteiger charge is -2.20. The molecule has 1 rings (SSSR count). The van der Waals surface area contributed by atoms with E-state index in [2.05, 4.69) is 27.4 Å². The van der Waals surface area contributed by atoms with E-state index < -0.39 is 0 Å².